The molecule has 0 saturated carbocycles. The average molecular weight is 451 g/mol. The first kappa shape index (κ1) is 23.0. The van der Waals surface area contributed by atoms with Crippen LogP contribution in [0.2, 0.25) is 0 Å². The topological polar surface area (TPSA) is 0 Å². The highest BCUT2D eigenvalue weighted by atomic mass is 19.4. The van der Waals surface area contributed by atoms with Crippen LogP contribution in [0.15, 0.2) is 78.9 Å². The van der Waals surface area contributed by atoms with E-state index >= 15 is 0 Å². The van der Waals surface area contributed by atoms with Gasteiger partial charge < -0.3 is 0 Å². The number of hydrogen-bond acceptors (Lipinski definition) is 0. The van der Waals surface area contributed by atoms with Crippen LogP contribution in [0.5, 0.6) is 0 Å². The summed E-state index contributed by atoms with van der Waals surface area (Å²) in [6.07, 6.45) is 1.61. The quantitative estimate of drug-likeness (QED) is 0.194. The van der Waals surface area contributed by atoms with Crippen LogP contribution >= 0.6 is 0 Å². The lowest BCUT2D eigenvalue weighted by Crippen LogP contribution is -2.04. The second-order valence-corrected chi connectivity index (χ2v) is 8.48. The van der Waals surface area contributed by atoms with Crippen LogP contribution < -0.4 is 0 Å². The minimum atomic E-state index is -4.41. The van der Waals surface area contributed by atoms with Crippen molar-refractivity contribution in [2.24, 2.45) is 0 Å². The molecule has 0 heterocycles. The maximum atomic E-state index is 14.9. The van der Waals surface area contributed by atoms with E-state index in [0.29, 0.717) is 5.56 Å². The average Bonchev–Trinajstić information content (AvgIpc) is 2.81. The second-order valence-electron chi connectivity index (χ2n) is 8.48. The molecule has 0 aliphatic rings. The molecule has 0 nitrogen and oxygen atoms in total. The molecule has 0 N–H and O–H groups in total. The molecule has 0 unspecified atom stereocenters. The third-order valence-electron chi connectivity index (χ3n) is 6.05. The highest BCUT2D eigenvalue weighted by Crippen LogP contribution is 2.33. The number of rotatable bonds is 7. The Bertz CT molecular complexity index is 1240. The number of fused-ring (bicyclic) bond motifs is 1. The molecule has 0 aromatic heterocycles. The highest BCUT2D eigenvalue weighted by Gasteiger charge is 2.30. The van der Waals surface area contributed by atoms with Crippen molar-refractivity contribution in [1.29, 1.82) is 0 Å². The molecule has 0 aliphatic heterocycles. The van der Waals surface area contributed by atoms with E-state index in [0.717, 1.165) is 40.5 Å². The van der Waals surface area contributed by atoms with Gasteiger partial charge in [0, 0.05) is 5.56 Å². The van der Waals surface area contributed by atoms with Crippen molar-refractivity contribution in [3.63, 3.8) is 0 Å². The first-order chi connectivity index (χ1) is 15.8. The molecule has 0 fully saturated rings. The highest BCUT2D eigenvalue weighted by molar-refractivity contribution is 5.88. The Morgan fingerprint density at radius 1 is 0.636 bits per heavy atom. The van der Waals surface area contributed by atoms with Gasteiger partial charge in [-0.15, -0.1) is 0 Å². The number of benzene rings is 4. The summed E-state index contributed by atoms with van der Waals surface area (Å²) in [5, 5.41) is 2.26. The van der Waals surface area contributed by atoms with Crippen molar-refractivity contribution in [3.05, 3.63) is 95.8 Å². The number of halogens is 4. The van der Waals surface area contributed by atoms with Gasteiger partial charge in [0.15, 0.2) is 0 Å². The van der Waals surface area contributed by atoms with E-state index in [1.54, 1.807) is 12.1 Å². The molecule has 0 spiro atoms. The first-order valence-electron chi connectivity index (χ1n) is 11.4. The van der Waals surface area contributed by atoms with Crippen molar-refractivity contribution in [1.82, 2.24) is 0 Å². The van der Waals surface area contributed by atoms with E-state index < -0.39 is 17.6 Å². The first-order valence-corrected chi connectivity index (χ1v) is 11.4. The summed E-state index contributed by atoms with van der Waals surface area (Å²) < 4.78 is 53.2. The van der Waals surface area contributed by atoms with E-state index in [-0.39, 0.29) is 5.56 Å². The normalized spacial score (nSPS) is 11.8. The van der Waals surface area contributed by atoms with Crippen LogP contribution in [-0.2, 0) is 12.6 Å². The van der Waals surface area contributed by atoms with E-state index in [4.69, 9.17) is 0 Å². The summed E-state index contributed by atoms with van der Waals surface area (Å²) in [6, 6.07) is 22.0. The maximum absolute atomic E-state index is 14.9. The van der Waals surface area contributed by atoms with Crippen LogP contribution in [0.4, 0.5) is 17.6 Å². The fraction of sp³-hybridized carbons (Fsp3) is 0.241. The van der Waals surface area contributed by atoms with Gasteiger partial charge in [0.05, 0.1) is 5.56 Å². The van der Waals surface area contributed by atoms with Gasteiger partial charge in [0.1, 0.15) is 5.82 Å². The van der Waals surface area contributed by atoms with Crippen LogP contribution in [0.25, 0.3) is 33.0 Å². The lowest BCUT2D eigenvalue weighted by atomic mass is 9.96. The third-order valence-corrected chi connectivity index (χ3v) is 6.05. The van der Waals surface area contributed by atoms with Gasteiger partial charge in [-0.05, 0) is 70.1 Å². The summed E-state index contributed by atoms with van der Waals surface area (Å²) in [7, 11) is 0. The Morgan fingerprint density at radius 3 is 1.97 bits per heavy atom. The third kappa shape index (κ3) is 5.44. The molecule has 4 aromatic rings. The van der Waals surface area contributed by atoms with Crippen LogP contribution in [0.3, 0.4) is 0 Å². The standard InChI is InChI=1S/C29H26F4/c1-2-3-4-5-6-20-7-8-23-18-24(10-9-22(23)17-20)25-13-16-27(28(30)19-25)21-11-14-26(15-12-21)29(31,32)33/h7-19H,2-6H2,1H3. The molecule has 0 saturated heterocycles. The minimum absolute atomic E-state index is 0.279. The summed E-state index contributed by atoms with van der Waals surface area (Å²) >= 11 is 0. The van der Waals surface area contributed by atoms with Gasteiger partial charge in [0.25, 0.3) is 0 Å². The Kier molecular flexibility index (Phi) is 6.83. The lowest BCUT2D eigenvalue weighted by molar-refractivity contribution is -0.137. The van der Waals surface area contributed by atoms with Crippen LogP contribution in [0.1, 0.15) is 43.7 Å². The molecule has 33 heavy (non-hydrogen) atoms. The van der Waals surface area contributed by atoms with E-state index in [1.165, 1.54) is 49.4 Å². The summed E-state index contributed by atoms with van der Waals surface area (Å²) in [5.41, 5.74) is 2.91. The van der Waals surface area contributed by atoms with Gasteiger partial charge in [-0.2, -0.15) is 13.2 Å². The van der Waals surface area contributed by atoms with Crippen molar-refractivity contribution < 1.29 is 17.6 Å². The summed E-state index contributed by atoms with van der Waals surface area (Å²) in [4.78, 5) is 0. The summed E-state index contributed by atoms with van der Waals surface area (Å²) in [5.74, 6) is -0.463. The van der Waals surface area contributed by atoms with Crippen molar-refractivity contribution >= 4 is 10.8 Å². The van der Waals surface area contributed by atoms with Crippen molar-refractivity contribution in [2.45, 2.75) is 45.2 Å². The van der Waals surface area contributed by atoms with E-state index in [9.17, 15) is 17.6 Å². The summed E-state index contributed by atoms with van der Waals surface area (Å²) in [6.45, 7) is 2.21. The zero-order valence-corrected chi connectivity index (χ0v) is 18.6. The Labute approximate surface area is 191 Å². The molecule has 4 aromatic carbocycles. The molecule has 4 heteroatoms. The Hall–Kier alpha value is -3.14. The molecule has 0 atom stereocenters. The molecule has 4 rings (SSSR count). The number of alkyl halides is 3. The minimum Gasteiger partial charge on any atom is -0.206 e. The molecular weight excluding hydrogens is 424 g/mol. The van der Waals surface area contributed by atoms with Crippen molar-refractivity contribution in [3.8, 4) is 22.3 Å². The predicted octanol–water partition coefficient (Wildman–Crippen LogP) is 9.45. The largest absolute Gasteiger partial charge is 0.416 e. The lowest BCUT2D eigenvalue weighted by Gasteiger charge is -2.10. The second kappa shape index (κ2) is 9.78. The Balaban J connectivity index is 1.55. The number of hydrogen-bond donors (Lipinski definition) is 0. The fourth-order valence-electron chi connectivity index (χ4n) is 4.15. The zero-order chi connectivity index (χ0) is 23.4. The number of aryl methyl sites for hydroxylation is 1. The molecule has 170 valence electrons. The van der Waals surface area contributed by atoms with Gasteiger partial charge in [-0.3, -0.25) is 0 Å². The molecule has 0 amide bonds. The van der Waals surface area contributed by atoms with E-state index in [1.807, 2.05) is 12.1 Å². The predicted molar refractivity (Wildman–Crippen MR) is 128 cm³/mol. The monoisotopic (exact) mass is 450 g/mol. The molecule has 0 radical (unpaired) electrons. The zero-order valence-electron chi connectivity index (χ0n) is 18.6. The van der Waals surface area contributed by atoms with Crippen molar-refractivity contribution in [2.75, 3.05) is 0 Å². The van der Waals surface area contributed by atoms with Gasteiger partial charge in [0.2, 0.25) is 0 Å². The molecule has 0 aliphatic carbocycles. The fourth-order valence-corrected chi connectivity index (χ4v) is 4.15. The van der Waals surface area contributed by atoms with Crippen LogP contribution in [0, 0.1) is 5.82 Å². The number of unbranched alkanes of at least 4 members (excludes halogenated alkanes) is 3. The van der Waals surface area contributed by atoms with Gasteiger partial charge >= 0.3 is 6.18 Å². The Morgan fingerprint density at radius 2 is 1.27 bits per heavy atom. The smallest absolute Gasteiger partial charge is 0.206 e. The van der Waals surface area contributed by atoms with Gasteiger partial charge in [-0.25, -0.2) is 4.39 Å². The van der Waals surface area contributed by atoms with Crippen LogP contribution in [-0.4, -0.2) is 0 Å². The molecule has 0 bridgehead atoms. The maximum Gasteiger partial charge on any atom is 0.416 e. The van der Waals surface area contributed by atoms with E-state index in [2.05, 4.69) is 31.2 Å². The SMILES string of the molecule is CCCCCCc1ccc2cc(-c3ccc(-c4ccc(C(F)(F)F)cc4)c(F)c3)ccc2c1. The van der Waals surface area contributed by atoms with Gasteiger partial charge in [-0.1, -0.05) is 80.8 Å². The molecular formula is C29H26F4.